The molecule has 2 aromatic rings. The molecule has 6 nitrogen and oxygen atoms in total. The molecule has 3 N–H and O–H groups in total. The lowest BCUT2D eigenvalue weighted by Gasteiger charge is -2.24. The predicted molar refractivity (Wildman–Crippen MR) is 125 cm³/mol. The van der Waals surface area contributed by atoms with E-state index in [1.807, 2.05) is 36.6 Å². The number of aliphatic imine (C=N–C) groups is 1. The molecule has 1 aromatic heterocycles. The Morgan fingerprint density at radius 3 is 2.82 bits per heavy atom. The van der Waals surface area contributed by atoms with Crippen molar-refractivity contribution in [3.63, 3.8) is 0 Å². The van der Waals surface area contributed by atoms with Crippen LogP contribution < -0.4 is 20.1 Å². The maximum absolute atomic E-state index is 10.7. The topological polar surface area (TPSA) is 75.1 Å². The highest BCUT2D eigenvalue weighted by molar-refractivity contribution is 14.0. The molecule has 1 aliphatic rings. The van der Waals surface area contributed by atoms with Gasteiger partial charge in [-0.05, 0) is 43.0 Å². The number of guanidine groups is 1. The van der Waals surface area contributed by atoms with Gasteiger partial charge in [0.25, 0.3) is 0 Å². The molecule has 2 heterocycles. The van der Waals surface area contributed by atoms with Crippen molar-refractivity contribution in [1.82, 2.24) is 10.6 Å². The number of benzene rings is 1. The van der Waals surface area contributed by atoms with E-state index in [4.69, 9.17) is 21.1 Å². The van der Waals surface area contributed by atoms with Crippen LogP contribution >= 0.6 is 46.9 Å². The van der Waals surface area contributed by atoms with Gasteiger partial charge in [-0.1, -0.05) is 17.7 Å². The Labute approximate surface area is 191 Å². The zero-order valence-corrected chi connectivity index (χ0v) is 19.7. The van der Waals surface area contributed by atoms with E-state index in [0.717, 1.165) is 17.0 Å². The fourth-order valence-corrected chi connectivity index (χ4v) is 3.77. The first-order valence-corrected chi connectivity index (χ1v) is 10.1. The molecule has 0 fully saturated rings. The first-order valence-electron chi connectivity index (χ1n) is 8.86. The number of fused-ring (bicyclic) bond motifs is 1. The Kier molecular flexibility index (Phi) is 8.66. The second-order valence-corrected chi connectivity index (χ2v) is 7.76. The third-order valence-electron chi connectivity index (χ3n) is 4.07. The molecule has 0 saturated heterocycles. The predicted octanol–water partition coefficient (Wildman–Crippen LogP) is 3.75. The number of ether oxygens (including phenoxy) is 2. The van der Waals surface area contributed by atoms with Gasteiger partial charge in [-0.3, -0.25) is 0 Å². The number of nitrogens with one attached hydrogen (secondary N) is 2. The largest absolute Gasteiger partial charge is 0.486 e. The van der Waals surface area contributed by atoms with Crippen LogP contribution in [0, 0.1) is 0 Å². The zero-order chi connectivity index (χ0) is 19.3. The lowest BCUT2D eigenvalue weighted by molar-refractivity contribution is 0.0655. The molecular weight excluding hydrogens is 513 g/mol. The van der Waals surface area contributed by atoms with Gasteiger partial charge in [0.05, 0.1) is 18.1 Å². The van der Waals surface area contributed by atoms with Crippen molar-refractivity contribution in [1.29, 1.82) is 0 Å². The Morgan fingerprint density at radius 1 is 1.32 bits per heavy atom. The molecule has 0 spiro atoms. The van der Waals surface area contributed by atoms with E-state index < -0.39 is 5.60 Å². The summed E-state index contributed by atoms with van der Waals surface area (Å²) in [4.78, 5) is 5.50. The molecular formula is C19H25ClIN3O3S. The van der Waals surface area contributed by atoms with E-state index >= 15 is 0 Å². The Balaban J connectivity index is 0.00000280. The summed E-state index contributed by atoms with van der Waals surface area (Å²) in [5.41, 5.74) is -0.0449. The van der Waals surface area contributed by atoms with Gasteiger partial charge in [0.2, 0.25) is 0 Å². The van der Waals surface area contributed by atoms with Crippen LogP contribution in [0.1, 0.15) is 24.3 Å². The fraction of sp³-hybridized carbons (Fsp3) is 0.421. The smallest absolute Gasteiger partial charge is 0.191 e. The van der Waals surface area contributed by atoms with Crippen molar-refractivity contribution in [2.75, 3.05) is 26.3 Å². The summed E-state index contributed by atoms with van der Waals surface area (Å²) in [5, 5.41) is 19.5. The van der Waals surface area contributed by atoms with Gasteiger partial charge < -0.3 is 25.2 Å². The highest BCUT2D eigenvalue weighted by Crippen LogP contribution is 2.38. The minimum Gasteiger partial charge on any atom is -0.486 e. The van der Waals surface area contributed by atoms with Crippen LogP contribution in [-0.4, -0.2) is 37.4 Å². The monoisotopic (exact) mass is 537 g/mol. The quantitative estimate of drug-likeness (QED) is 0.297. The molecule has 1 aliphatic heterocycles. The van der Waals surface area contributed by atoms with Crippen molar-refractivity contribution in [3.05, 3.63) is 45.1 Å². The Hall–Kier alpha value is -1.23. The van der Waals surface area contributed by atoms with Crippen LogP contribution in [0.15, 0.2) is 34.6 Å². The fourth-order valence-electron chi connectivity index (χ4n) is 2.70. The highest BCUT2D eigenvalue weighted by Gasteiger charge is 2.24. The van der Waals surface area contributed by atoms with E-state index in [1.54, 1.807) is 6.92 Å². The summed E-state index contributed by atoms with van der Waals surface area (Å²) in [6.07, 6.45) is 0. The maximum Gasteiger partial charge on any atom is 0.191 e. The molecule has 0 saturated carbocycles. The first-order chi connectivity index (χ1) is 13.0. The molecule has 1 atom stereocenters. The summed E-state index contributed by atoms with van der Waals surface area (Å²) in [7, 11) is 0. The van der Waals surface area contributed by atoms with Crippen molar-refractivity contribution < 1.29 is 14.6 Å². The van der Waals surface area contributed by atoms with Crippen molar-refractivity contribution in [3.8, 4) is 11.5 Å². The van der Waals surface area contributed by atoms with Crippen molar-refractivity contribution in [2.45, 2.75) is 26.0 Å². The molecule has 0 bridgehead atoms. The molecule has 0 aliphatic carbocycles. The van der Waals surface area contributed by atoms with Gasteiger partial charge in [0.1, 0.15) is 18.8 Å². The standard InChI is InChI=1S/C19H24ClN3O3S.HI/c1-3-21-18(23-12-19(2,24)16-5-4-8-27-16)22-11-13-9-14(20)17-15(10-13)25-6-7-26-17;/h4-5,8-10,24H,3,6-7,11-12H2,1-2H3,(H2,21,22,23);1H. The van der Waals surface area contributed by atoms with Crippen LogP contribution in [0.4, 0.5) is 0 Å². The maximum atomic E-state index is 10.7. The summed E-state index contributed by atoms with van der Waals surface area (Å²) in [5.74, 6) is 1.87. The minimum atomic E-state index is -0.968. The van der Waals surface area contributed by atoms with Crippen LogP contribution in [0.5, 0.6) is 11.5 Å². The second-order valence-electron chi connectivity index (χ2n) is 6.40. The molecule has 3 rings (SSSR count). The van der Waals surface area contributed by atoms with Gasteiger partial charge in [-0.25, -0.2) is 4.99 Å². The van der Waals surface area contributed by atoms with E-state index in [2.05, 4.69) is 15.6 Å². The average molecular weight is 538 g/mol. The molecule has 28 heavy (non-hydrogen) atoms. The summed E-state index contributed by atoms with van der Waals surface area (Å²) in [6.45, 7) is 6.29. The minimum absolute atomic E-state index is 0. The van der Waals surface area contributed by atoms with Crippen molar-refractivity contribution >= 4 is 52.9 Å². The lowest BCUT2D eigenvalue weighted by Crippen LogP contribution is -2.44. The molecule has 1 aromatic carbocycles. The summed E-state index contributed by atoms with van der Waals surface area (Å²) >= 11 is 7.81. The second kappa shape index (κ2) is 10.5. The number of halogens is 2. The van der Waals surface area contributed by atoms with Crippen molar-refractivity contribution in [2.24, 2.45) is 4.99 Å². The Morgan fingerprint density at radius 2 is 2.11 bits per heavy atom. The average Bonchev–Trinajstić information content (AvgIpc) is 3.20. The van der Waals surface area contributed by atoms with Gasteiger partial charge in [-0.15, -0.1) is 35.3 Å². The lowest BCUT2D eigenvalue weighted by atomic mass is 10.1. The Bertz CT molecular complexity index is 800. The molecule has 154 valence electrons. The summed E-state index contributed by atoms with van der Waals surface area (Å²) < 4.78 is 11.2. The van der Waals surface area contributed by atoms with E-state index in [9.17, 15) is 5.11 Å². The number of nitrogens with zero attached hydrogens (tertiary/aromatic N) is 1. The van der Waals surface area contributed by atoms with E-state index in [0.29, 0.717) is 48.8 Å². The SMILES string of the molecule is CCNC(=NCc1cc(Cl)c2c(c1)OCCO2)NCC(C)(O)c1cccs1.I. The normalized spacial score (nSPS) is 15.4. The number of hydrogen-bond donors (Lipinski definition) is 3. The van der Waals surface area contributed by atoms with E-state index in [-0.39, 0.29) is 24.0 Å². The van der Waals surface area contributed by atoms with Crippen LogP contribution in [0.25, 0.3) is 0 Å². The number of hydrogen-bond acceptors (Lipinski definition) is 5. The van der Waals surface area contributed by atoms with Gasteiger partial charge in [0.15, 0.2) is 17.5 Å². The number of aliphatic hydroxyl groups is 1. The first kappa shape index (κ1) is 23.1. The van der Waals surface area contributed by atoms with Crippen LogP contribution in [0.2, 0.25) is 5.02 Å². The molecule has 0 amide bonds. The van der Waals surface area contributed by atoms with E-state index in [1.165, 1.54) is 11.3 Å². The van der Waals surface area contributed by atoms with Gasteiger partial charge in [0, 0.05) is 11.4 Å². The number of thiophene rings is 1. The zero-order valence-electron chi connectivity index (χ0n) is 15.8. The number of rotatable bonds is 6. The molecule has 0 radical (unpaired) electrons. The molecule has 9 heteroatoms. The highest BCUT2D eigenvalue weighted by atomic mass is 127. The third-order valence-corrected chi connectivity index (χ3v) is 5.48. The molecule has 1 unspecified atom stereocenters. The van der Waals surface area contributed by atoms with Crippen LogP contribution in [-0.2, 0) is 12.1 Å². The van der Waals surface area contributed by atoms with Gasteiger partial charge in [-0.2, -0.15) is 0 Å². The van der Waals surface area contributed by atoms with Crippen LogP contribution in [0.3, 0.4) is 0 Å². The third kappa shape index (κ3) is 5.88. The summed E-state index contributed by atoms with van der Waals surface area (Å²) in [6, 6.07) is 7.59. The van der Waals surface area contributed by atoms with Gasteiger partial charge >= 0.3 is 0 Å².